The maximum absolute atomic E-state index is 12.2. The van der Waals surface area contributed by atoms with E-state index >= 15 is 0 Å². The van der Waals surface area contributed by atoms with Crippen molar-refractivity contribution in [3.05, 3.63) is 51.9 Å². The van der Waals surface area contributed by atoms with Crippen molar-refractivity contribution in [2.24, 2.45) is 0 Å². The van der Waals surface area contributed by atoms with Crippen molar-refractivity contribution in [2.45, 2.75) is 19.9 Å². The summed E-state index contributed by atoms with van der Waals surface area (Å²) in [6.07, 6.45) is 0.743. The highest BCUT2D eigenvalue weighted by molar-refractivity contribution is 7.20. The predicted molar refractivity (Wildman–Crippen MR) is 102 cm³/mol. The normalized spacial score (nSPS) is 15.7. The van der Waals surface area contributed by atoms with Crippen molar-refractivity contribution >= 4 is 21.4 Å². The molecule has 136 valence electrons. The fourth-order valence-corrected chi connectivity index (χ4v) is 4.14. The second kappa shape index (κ2) is 7.05. The van der Waals surface area contributed by atoms with Gasteiger partial charge in [-0.1, -0.05) is 30.4 Å². The first-order chi connectivity index (χ1) is 12.6. The topological polar surface area (TPSA) is 74.0 Å². The van der Waals surface area contributed by atoms with Crippen molar-refractivity contribution in [3.8, 4) is 5.75 Å². The van der Waals surface area contributed by atoms with Crippen LogP contribution in [0.5, 0.6) is 5.75 Å². The number of aromatic nitrogens is 3. The Morgan fingerprint density at radius 1 is 1.19 bits per heavy atom. The number of rotatable bonds is 4. The fourth-order valence-electron chi connectivity index (χ4n) is 3.17. The standard InChI is InChI=1S/C18H21N5O2S/c1-2-14-11-16(25)23-17(19-14)26-18(20-23)22-8-6-21(7-9-22)12-13-4-3-5-15(24)10-13/h3-5,10-11,24H,2,6-9,12H2,1H3. The zero-order valence-corrected chi connectivity index (χ0v) is 15.4. The van der Waals surface area contributed by atoms with Gasteiger partial charge in [0, 0.05) is 44.5 Å². The van der Waals surface area contributed by atoms with Crippen molar-refractivity contribution in [3.63, 3.8) is 0 Å². The van der Waals surface area contributed by atoms with Gasteiger partial charge in [-0.05, 0) is 24.1 Å². The van der Waals surface area contributed by atoms with Crippen LogP contribution in [0.3, 0.4) is 0 Å². The van der Waals surface area contributed by atoms with Gasteiger partial charge < -0.3 is 10.0 Å². The molecule has 0 aliphatic carbocycles. The third kappa shape index (κ3) is 3.42. The Hall–Kier alpha value is -2.45. The number of benzene rings is 1. The molecule has 4 rings (SSSR count). The molecule has 0 radical (unpaired) electrons. The molecule has 1 N–H and O–H groups in total. The Morgan fingerprint density at radius 2 is 2.00 bits per heavy atom. The van der Waals surface area contributed by atoms with Crippen molar-refractivity contribution in [1.29, 1.82) is 0 Å². The zero-order valence-electron chi connectivity index (χ0n) is 14.6. The third-order valence-electron chi connectivity index (χ3n) is 4.61. The minimum Gasteiger partial charge on any atom is -0.508 e. The molecule has 1 aromatic carbocycles. The van der Waals surface area contributed by atoms with Gasteiger partial charge in [-0.25, -0.2) is 4.98 Å². The molecule has 3 aromatic rings. The number of phenols is 1. The molecular weight excluding hydrogens is 350 g/mol. The number of hydrogen-bond acceptors (Lipinski definition) is 7. The van der Waals surface area contributed by atoms with Gasteiger partial charge in [0.25, 0.3) is 5.56 Å². The number of anilines is 1. The predicted octanol–water partition coefficient (Wildman–Crippen LogP) is 1.74. The summed E-state index contributed by atoms with van der Waals surface area (Å²) < 4.78 is 1.40. The molecule has 0 bridgehead atoms. The van der Waals surface area contributed by atoms with E-state index in [1.807, 2.05) is 25.1 Å². The minimum atomic E-state index is -0.114. The lowest BCUT2D eigenvalue weighted by molar-refractivity contribution is 0.249. The number of hydrogen-bond donors (Lipinski definition) is 1. The monoisotopic (exact) mass is 371 g/mol. The number of aromatic hydroxyl groups is 1. The van der Waals surface area contributed by atoms with Gasteiger partial charge >= 0.3 is 0 Å². The Morgan fingerprint density at radius 3 is 2.73 bits per heavy atom. The van der Waals surface area contributed by atoms with Gasteiger partial charge in [0.05, 0.1) is 0 Å². The number of piperazine rings is 1. The molecule has 7 nitrogen and oxygen atoms in total. The Bertz CT molecular complexity index is 975. The van der Waals surface area contributed by atoms with Crippen LogP contribution in [0.1, 0.15) is 18.2 Å². The summed E-state index contributed by atoms with van der Waals surface area (Å²) in [4.78, 5) is 21.9. The maximum Gasteiger partial charge on any atom is 0.275 e. The average molecular weight is 371 g/mol. The quantitative estimate of drug-likeness (QED) is 0.753. The lowest BCUT2D eigenvalue weighted by Crippen LogP contribution is -2.46. The van der Waals surface area contributed by atoms with Gasteiger partial charge in [-0.15, -0.1) is 5.10 Å². The largest absolute Gasteiger partial charge is 0.508 e. The van der Waals surface area contributed by atoms with Gasteiger partial charge in [-0.2, -0.15) is 4.52 Å². The van der Waals surface area contributed by atoms with E-state index in [0.717, 1.165) is 55.5 Å². The highest BCUT2D eigenvalue weighted by Crippen LogP contribution is 2.23. The van der Waals surface area contributed by atoms with Crippen LogP contribution >= 0.6 is 11.3 Å². The molecule has 0 amide bonds. The van der Waals surface area contributed by atoms with E-state index < -0.39 is 0 Å². The van der Waals surface area contributed by atoms with Crippen LogP contribution in [-0.2, 0) is 13.0 Å². The summed E-state index contributed by atoms with van der Waals surface area (Å²) in [7, 11) is 0. The summed E-state index contributed by atoms with van der Waals surface area (Å²) in [5.74, 6) is 0.306. The third-order valence-corrected chi connectivity index (χ3v) is 5.58. The van der Waals surface area contributed by atoms with Crippen LogP contribution in [0.25, 0.3) is 4.96 Å². The van der Waals surface area contributed by atoms with E-state index in [9.17, 15) is 9.90 Å². The minimum absolute atomic E-state index is 0.114. The summed E-state index contributed by atoms with van der Waals surface area (Å²) >= 11 is 1.47. The van der Waals surface area contributed by atoms with E-state index in [-0.39, 0.29) is 5.56 Å². The van der Waals surface area contributed by atoms with Crippen LogP contribution in [-0.4, -0.2) is 50.8 Å². The molecule has 0 saturated carbocycles. The molecule has 1 saturated heterocycles. The maximum atomic E-state index is 12.2. The molecular formula is C18H21N5O2S. The first-order valence-corrected chi connectivity index (χ1v) is 9.59. The smallest absolute Gasteiger partial charge is 0.275 e. The lowest BCUT2D eigenvalue weighted by Gasteiger charge is -2.34. The van der Waals surface area contributed by atoms with Gasteiger partial charge in [0.15, 0.2) is 0 Å². The fraction of sp³-hybridized carbons (Fsp3) is 0.389. The molecule has 8 heteroatoms. The number of fused-ring (bicyclic) bond motifs is 1. The first-order valence-electron chi connectivity index (χ1n) is 8.77. The van der Waals surface area contributed by atoms with Crippen LogP contribution in [0.2, 0.25) is 0 Å². The Kier molecular flexibility index (Phi) is 4.60. The van der Waals surface area contributed by atoms with Gasteiger partial charge in [0.2, 0.25) is 10.1 Å². The van der Waals surface area contributed by atoms with Crippen LogP contribution < -0.4 is 10.5 Å². The van der Waals surface area contributed by atoms with E-state index in [0.29, 0.717) is 10.7 Å². The lowest BCUT2D eigenvalue weighted by atomic mass is 10.2. The molecule has 3 heterocycles. The SMILES string of the molecule is CCc1cc(=O)n2nc(N3CCN(Cc4cccc(O)c4)CC3)sc2n1. The Balaban J connectivity index is 1.45. The zero-order chi connectivity index (χ0) is 18.1. The average Bonchev–Trinajstić information content (AvgIpc) is 3.07. The summed E-state index contributed by atoms with van der Waals surface area (Å²) in [5, 5.41) is 14.9. The van der Waals surface area contributed by atoms with E-state index in [2.05, 4.69) is 19.9 Å². The number of nitrogens with zero attached hydrogens (tertiary/aromatic N) is 5. The molecule has 1 fully saturated rings. The molecule has 1 aliphatic rings. The molecule has 0 unspecified atom stereocenters. The second-order valence-electron chi connectivity index (χ2n) is 6.45. The van der Waals surface area contributed by atoms with Crippen LogP contribution in [0, 0.1) is 0 Å². The van der Waals surface area contributed by atoms with Gasteiger partial charge in [0.1, 0.15) is 5.75 Å². The molecule has 0 atom stereocenters. The summed E-state index contributed by atoms with van der Waals surface area (Å²) in [6, 6.07) is 8.96. The Labute approximate surface area is 155 Å². The van der Waals surface area contributed by atoms with Crippen molar-refractivity contribution in [1.82, 2.24) is 19.5 Å². The van der Waals surface area contributed by atoms with E-state index in [1.165, 1.54) is 15.9 Å². The highest BCUT2D eigenvalue weighted by atomic mass is 32.1. The summed E-state index contributed by atoms with van der Waals surface area (Å²) in [5.41, 5.74) is 1.80. The molecule has 0 spiro atoms. The van der Waals surface area contributed by atoms with Crippen molar-refractivity contribution in [2.75, 3.05) is 31.1 Å². The van der Waals surface area contributed by atoms with E-state index in [1.54, 1.807) is 12.1 Å². The molecule has 2 aromatic heterocycles. The van der Waals surface area contributed by atoms with Gasteiger partial charge in [-0.3, -0.25) is 9.69 Å². The van der Waals surface area contributed by atoms with Crippen molar-refractivity contribution < 1.29 is 5.11 Å². The van der Waals surface area contributed by atoms with Crippen LogP contribution in [0.15, 0.2) is 35.1 Å². The number of aryl methyl sites for hydroxylation is 1. The molecule has 1 aliphatic heterocycles. The summed E-state index contributed by atoms with van der Waals surface area (Å²) in [6.45, 7) is 6.35. The first kappa shape index (κ1) is 17.0. The van der Waals surface area contributed by atoms with Crippen LogP contribution in [0.4, 0.5) is 5.13 Å². The van der Waals surface area contributed by atoms with E-state index in [4.69, 9.17) is 0 Å². The number of phenolic OH excluding ortho intramolecular Hbond substituents is 1. The second-order valence-corrected chi connectivity index (χ2v) is 7.39. The highest BCUT2D eigenvalue weighted by Gasteiger charge is 2.21. The molecule has 26 heavy (non-hydrogen) atoms.